The van der Waals surface area contributed by atoms with Gasteiger partial charge in [0, 0.05) is 38.9 Å². The van der Waals surface area contributed by atoms with Gasteiger partial charge in [-0.05, 0) is 49.8 Å². The Morgan fingerprint density at radius 1 is 1.22 bits per heavy atom. The van der Waals surface area contributed by atoms with E-state index in [1.54, 1.807) is 0 Å². The monoisotopic (exact) mass is 367 g/mol. The van der Waals surface area contributed by atoms with Crippen molar-refractivity contribution < 1.29 is 4.79 Å². The van der Waals surface area contributed by atoms with Gasteiger partial charge in [0.05, 0.1) is 17.9 Å². The summed E-state index contributed by atoms with van der Waals surface area (Å²) in [7, 11) is 4.08. The molecule has 6 heteroatoms. The Labute approximate surface area is 161 Å². The number of likely N-dealkylation sites (N-methyl/N-ethyl adjacent to an activating group) is 1. The topological polar surface area (TPSA) is 53.4 Å². The zero-order valence-corrected chi connectivity index (χ0v) is 16.5. The average Bonchev–Trinajstić information content (AvgIpc) is 2.92. The van der Waals surface area contributed by atoms with Crippen LogP contribution in [0.1, 0.15) is 42.3 Å². The van der Waals surface area contributed by atoms with Crippen molar-refractivity contribution in [2.24, 2.45) is 7.05 Å². The maximum absolute atomic E-state index is 13.0. The number of nitrogens with one attached hydrogen (secondary N) is 1. The summed E-state index contributed by atoms with van der Waals surface area (Å²) in [6, 6.07) is 8.48. The van der Waals surface area contributed by atoms with Crippen molar-refractivity contribution in [2.75, 3.05) is 18.5 Å². The summed E-state index contributed by atoms with van der Waals surface area (Å²) in [6.07, 6.45) is 4.57. The molecule has 1 aliphatic carbocycles. The van der Waals surface area contributed by atoms with Gasteiger partial charge < -0.3 is 15.1 Å². The van der Waals surface area contributed by atoms with E-state index < -0.39 is 0 Å². The molecule has 0 spiro atoms. The fourth-order valence-corrected chi connectivity index (χ4v) is 4.45. The van der Waals surface area contributed by atoms with E-state index in [4.69, 9.17) is 0 Å². The van der Waals surface area contributed by atoms with Gasteiger partial charge in [0.15, 0.2) is 0 Å². The fourth-order valence-electron chi connectivity index (χ4n) is 4.45. The van der Waals surface area contributed by atoms with Crippen molar-refractivity contribution in [3.63, 3.8) is 0 Å². The summed E-state index contributed by atoms with van der Waals surface area (Å²) < 4.78 is 1.95. The molecular weight excluding hydrogens is 338 g/mol. The molecule has 0 saturated carbocycles. The lowest BCUT2D eigenvalue weighted by Gasteiger charge is -2.28. The lowest BCUT2D eigenvalue weighted by atomic mass is 9.96. The molecule has 0 unspecified atom stereocenters. The van der Waals surface area contributed by atoms with Crippen LogP contribution in [0.4, 0.5) is 10.5 Å². The second-order valence-electron chi connectivity index (χ2n) is 7.85. The van der Waals surface area contributed by atoms with Crippen LogP contribution in [0.3, 0.4) is 0 Å². The summed E-state index contributed by atoms with van der Waals surface area (Å²) in [6.45, 7) is 4.12. The maximum Gasteiger partial charge on any atom is 0.318 e. The normalized spacial score (nSPS) is 19.3. The minimum Gasteiger partial charge on any atom is -0.372 e. The molecule has 1 atom stereocenters. The number of aryl methyl sites for hydroxylation is 2. The smallest absolute Gasteiger partial charge is 0.318 e. The zero-order chi connectivity index (χ0) is 19.0. The third-order valence-electron chi connectivity index (χ3n) is 5.93. The van der Waals surface area contributed by atoms with Crippen LogP contribution in [0.25, 0.3) is 0 Å². The van der Waals surface area contributed by atoms with E-state index in [-0.39, 0.29) is 12.1 Å². The van der Waals surface area contributed by atoms with Crippen LogP contribution < -0.4 is 10.2 Å². The summed E-state index contributed by atoms with van der Waals surface area (Å²) in [5.74, 6) is 0. The second-order valence-corrected chi connectivity index (χ2v) is 7.85. The van der Waals surface area contributed by atoms with Crippen molar-refractivity contribution in [1.29, 1.82) is 0 Å². The lowest BCUT2D eigenvalue weighted by molar-refractivity contribution is 0.177. The average molecular weight is 367 g/mol. The lowest BCUT2D eigenvalue weighted by Crippen LogP contribution is -2.46. The van der Waals surface area contributed by atoms with Gasteiger partial charge in [0.25, 0.3) is 0 Å². The number of fused-ring (bicyclic) bond motifs is 2. The number of anilines is 1. The molecule has 0 radical (unpaired) electrons. The molecular formula is C21H29N5O. The van der Waals surface area contributed by atoms with Gasteiger partial charge in [-0.1, -0.05) is 18.2 Å². The van der Waals surface area contributed by atoms with Gasteiger partial charge in [-0.3, -0.25) is 4.68 Å². The second kappa shape index (κ2) is 7.25. The summed E-state index contributed by atoms with van der Waals surface area (Å²) in [5, 5.41) is 7.81. The van der Waals surface area contributed by atoms with E-state index in [9.17, 15) is 4.79 Å². The van der Waals surface area contributed by atoms with Gasteiger partial charge in [0.1, 0.15) is 0 Å². The van der Waals surface area contributed by atoms with Crippen LogP contribution in [0.2, 0.25) is 0 Å². The third-order valence-corrected chi connectivity index (χ3v) is 5.93. The summed E-state index contributed by atoms with van der Waals surface area (Å²) in [4.78, 5) is 17.2. The van der Waals surface area contributed by atoms with Crippen molar-refractivity contribution in [3.8, 4) is 0 Å². The number of carbonyl (C=O) groups is 1. The van der Waals surface area contributed by atoms with E-state index in [2.05, 4.69) is 47.5 Å². The summed E-state index contributed by atoms with van der Waals surface area (Å²) in [5.41, 5.74) is 6.11. The Morgan fingerprint density at radius 3 is 2.85 bits per heavy atom. The number of benzene rings is 1. The first kappa shape index (κ1) is 17.9. The first-order valence-electron chi connectivity index (χ1n) is 9.91. The van der Waals surface area contributed by atoms with Crippen molar-refractivity contribution >= 4 is 11.7 Å². The Bertz CT molecular complexity index is 843. The van der Waals surface area contributed by atoms with E-state index in [0.717, 1.165) is 25.1 Å². The number of hydrogen-bond donors (Lipinski definition) is 1. The molecule has 2 aromatic rings. The SMILES string of the molecule is C[C@H]1CN(C)c2ccccc2CN1C(=O)NCc1c2c(nn1C)CCCC2. The minimum absolute atomic E-state index is 0.00152. The van der Waals surface area contributed by atoms with E-state index in [1.165, 1.54) is 35.3 Å². The molecule has 0 bridgehead atoms. The molecule has 2 aliphatic rings. The number of rotatable bonds is 2. The molecule has 144 valence electrons. The Hall–Kier alpha value is -2.50. The molecule has 1 aromatic carbocycles. The van der Waals surface area contributed by atoms with E-state index >= 15 is 0 Å². The predicted molar refractivity (Wildman–Crippen MR) is 107 cm³/mol. The molecule has 0 fully saturated rings. The van der Waals surface area contributed by atoms with Crippen molar-refractivity contribution in [3.05, 3.63) is 46.8 Å². The molecule has 2 amide bonds. The fraction of sp³-hybridized carbons (Fsp3) is 0.524. The summed E-state index contributed by atoms with van der Waals surface area (Å²) >= 11 is 0. The standard InChI is InChI=1S/C21H29N5O/c1-15-13-24(2)19-11-7-4-8-16(19)14-26(15)21(27)22-12-20-17-9-5-6-10-18(17)23-25(20)3/h4,7-8,11,15H,5-6,9-10,12-14H2,1-3H3,(H,22,27)/t15-/m0/s1. The number of hydrogen-bond acceptors (Lipinski definition) is 3. The maximum atomic E-state index is 13.0. The quantitative estimate of drug-likeness (QED) is 0.888. The van der Waals surface area contributed by atoms with Crippen molar-refractivity contribution in [2.45, 2.75) is 51.7 Å². The highest BCUT2D eigenvalue weighted by Crippen LogP contribution is 2.26. The Balaban J connectivity index is 1.49. The van der Waals surface area contributed by atoms with Gasteiger partial charge in [-0.15, -0.1) is 0 Å². The van der Waals surface area contributed by atoms with Gasteiger partial charge in [0.2, 0.25) is 0 Å². The molecule has 2 heterocycles. The molecule has 0 saturated heterocycles. The van der Waals surface area contributed by atoms with Gasteiger partial charge >= 0.3 is 6.03 Å². The van der Waals surface area contributed by atoms with Crippen LogP contribution in [-0.4, -0.2) is 40.3 Å². The molecule has 1 aromatic heterocycles. The van der Waals surface area contributed by atoms with Crippen LogP contribution >= 0.6 is 0 Å². The number of nitrogens with zero attached hydrogens (tertiary/aromatic N) is 4. The molecule has 1 aliphatic heterocycles. The number of amides is 2. The van der Waals surface area contributed by atoms with Crippen LogP contribution in [0, 0.1) is 0 Å². The Morgan fingerprint density at radius 2 is 2.00 bits per heavy atom. The first-order chi connectivity index (χ1) is 13.0. The van der Waals surface area contributed by atoms with Crippen LogP contribution in [0.15, 0.2) is 24.3 Å². The zero-order valence-electron chi connectivity index (χ0n) is 16.5. The largest absolute Gasteiger partial charge is 0.372 e. The highest BCUT2D eigenvalue weighted by Gasteiger charge is 2.27. The number of urea groups is 1. The first-order valence-corrected chi connectivity index (χ1v) is 9.91. The number of carbonyl (C=O) groups excluding carboxylic acids is 1. The third kappa shape index (κ3) is 3.40. The predicted octanol–water partition coefficient (Wildman–Crippen LogP) is 2.85. The highest BCUT2D eigenvalue weighted by atomic mass is 16.2. The number of para-hydroxylation sites is 1. The molecule has 6 nitrogen and oxygen atoms in total. The highest BCUT2D eigenvalue weighted by molar-refractivity contribution is 5.75. The molecule has 27 heavy (non-hydrogen) atoms. The van der Waals surface area contributed by atoms with E-state index in [0.29, 0.717) is 13.1 Å². The Kier molecular flexibility index (Phi) is 4.81. The minimum atomic E-state index is -0.00152. The van der Waals surface area contributed by atoms with Crippen LogP contribution in [0.5, 0.6) is 0 Å². The molecule has 4 rings (SSSR count). The van der Waals surface area contributed by atoms with Gasteiger partial charge in [-0.25, -0.2) is 4.79 Å². The van der Waals surface area contributed by atoms with Crippen LogP contribution in [-0.2, 0) is 33.0 Å². The van der Waals surface area contributed by atoms with Gasteiger partial charge in [-0.2, -0.15) is 5.10 Å². The number of aromatic nitrogens is 2. The van der Waals surface area contributed by atoms with E-state index in [1.807, 2.05) is 22.7 Å². The molecule has 1 N–H and O–H groups in total. The van der Waals surface area contributed by atoms with Crippen molar-refractivity contribution in [1.82, 2.24) is 20.0 Å².